The van der Waals surface area contributed by atoms with Gasteiger partial charge in [-0.3, -0.25) is 0 Å². The Kier molecular flexibility index (Phi) is 4.17. The molecule has 1 aromatic rings. The second-order valence-corrected chi connectivity index (χ2v) is 3.66. The van der Waals surface area contributed by atoms with Crippen molar-refractivity contribution in [3.05, 3.63) is 29.3 Å². The zero-order chi connectivity index (χ0) is 13.8. The van der Waals surface area contributed by atoms with Crippen molar-refractivity contribution in [2.45, 2.75) is 13.1 Å². The molecule has 3 nitrogen and oxygen atoms in total. The largest absolute Gasteiger partial charge is 0.492 e. The molecule has 1 rings (SSSR count). The lowest BCUT2D eigenvalue weighted by atomic mass is 10.1. The first-order valence-electron chi connectivity index (χ1n) is 5.02. The van der Waals surface area contributed by atoms with Crippen LogP contribution in [-0.2, 0) is 6.18 Å². The van der Waals surface area contributed by atoms with Crippen molar-refractivity contribution in [1.82, 2.24) is 0 Å². The minimum absolute atomic E-state index is 0.0719. The van der Waals surface area contributed by atoms with Gasteiger partial charge in [0.15, 0.2) is 0 Å². The molecule has 0 heterocycles. The Morgan fingerprint density at radius 3 is 2.50 bits per heavy atom. The van der Waals surface area contributed by atoms with Crippen LogP contribution in [0.1, 0.15) is 18.1 Å². The maximum absolute atomic E-state index is 12.7. The zero-order valence-electron chi connectivity index (χ0n) is 9.45. The quantitative estimate of drug-likeness (QED) is 0.832. The molecular weight excluding hydrogens is 245 g/mol. The van der Waals surface area contributed by atoms with E-state index in [2.05, 4.69) is 0 Å². The Bertz CT molecular complexity index is 512. The summed E-state index contributed by atoms with van der Waals surface area (Å²) in [6.45, 7) is 1.37. The van der Waals surface area contributed by atoms with Crippen LogP contribution in [0.5, 0.6) is 5.75 Å². The summed E-state index contributed by atoms with van der Waals surface area (Å²) in [6.07, 6.45) is -4.56. The Labute approximate surface area is 102 Å². The van der Waals surface area contributed by atoms with Gasteiger partial charge in [0.1, 0.15) is 12.4 Å². The van der Waals surface area contributed by atoms with E-state index >= 15 is 0 Å². The van der Waals surface area contributed by atoms with E-state index in [0.29, 0.717) is 0 Å². The van der Waals surface area contributed by atoms with Crippen LogP contribution in [0, 0.1) is 28.6 Å². The maximum atomic E-state index is 12.7. The van der Waals surface area contributed by atoms with Crippen LogP contribution in [0.4, 0.5) is 13.2 Å². The van der Waals surface area contributed by atoms with E-state index in [0.717, 1.165) is 18.2 Å². The van der Waals surface area contributed by atoms with Gasteiger partial charge >= 0.3 is 6.18 Å². The number of benzene rings is 1. The Balaban J connectivity index is 3.06. The SMILES string of the molecule is CC(C#N)COc1cc(C#N)ccc1C(F)(F)F. The van der Waals surface area contributed by atoms with E-state index in [1.165, 1.54) is 6.92 Å². The third kappa shape index (κ3) is 3.39. The maximum Gasteiger partial charge on any atom is 0.419 e. The molecule has 0 fully saturated rings. The molecule has 0 aliphatic rings. The summed E-state index contributed by atoms with van der Waals surface area (Å²) < 4.78 is 43.0. The highest BCUT2D eigenvalue weighted by atomic mass is 19.4. The molecule has 0 aromatic heterocycles. The van der Waals surface area contributed by atoms with Crippen molar-refractivity contribution < 1.29 is 17.9 Å². The van der Waals surface area contributed by atoms with E-state index in [1.807, 2.05) is 6.07 Å². The highest BCUT2D eigenvalue weighted by molar-refractivity contribution is 5.43. The van der Waals surface area contributed by atoms with Gasteiger partial charge in [-0.05, 0) is 25.1 Å². The third-order valence-corrected chi connectivity index (χ3v) is 2.13. The summed E-state index contributed by atoms with van der Waals surface area (Å²) in [5.74, 6) is -0.958. The molecule has 0 radical (unpaired) electrons. The molecule has 0 saturated carbocycles. The first kappa shape index (κ1) is 13.9. The van der Waals surface area contributed by atoms with Crippen molar-refractivity contribution in [2.24, 2.45) is 5.92 Å². The number of nitrogens with zero attached hydrogens (tertiary/aromatic N) is 2. The number of alkyl halides is 3. The molecule has 0 spiro atoms. The van der Waals surface area contributed by atoms with Crippen LogP contribution in [0.15, 0.2) is 18.2 Å². The van der Waals surface area contributed by atoms with Crippen LogP contribution < -0.4 is 4.74 Å². The Morgan fingerprint density at radius 2 is 2.00 bits per heavy atom. The van der Waals surface area contributed by atoms with E-state index in [1.54, 1.807) is 6.07 Å². The highest BCUT2D eigenvalue weighted by Crippen LogP contribution is 2.36. The molecule has 1 aromatic carbocycles. The molecule has 6 heteroatoms. The lowest BCUT2D eigenvalue weighted by molar-refractivity contribution is -0.139. The number of nitriles is 2. The molecule has 0 saturated heterocycles. The molecule has 1 unspecified atom stereocenters. The molecule has 0 aliphatic carbocycles. The molecule has 94 valence electrons. The van der Waals surface area contributed by atoms with E-state index in [-0.39, 0.29) is 12.2 Å². The van der Waals surface area contributed by atoms with Crippen molar-refractivity contribution in [3.8, 4) is 17.9 Å². The topological polar surface area (TPSA) is 56.8 Å². The molecule has 0 amide bonds. The van der Waals surface area contributed by atoms with E-state index in [9.17, 15) is 13.2 Å². The first-order valence-corrected chi connectivity index (χ1v) is 5.02. The molecular formula is C12H9F3N2O. The standard InChI is InChI=1S/C12H9F3N2O/c1-8(5-16)7-18-11-4-9(6-17)2-3-10(11)12(13,14)15/h2-4,8H,7H2,1H3. The fourth-order valence-electron chi connectivity index (χ4n) is 1.20. The number of rotatable bonds is 3. The van der Waals surface area contributed by atoms with Crippen molar-refractivity contribution in [3.63, 3.8) is 0 Å². The number of halogens is 3. The lowest BCUT2D eigenvalue weighted by Gasteiger charge is -2.14. The second-order valence-electron chi connectivity index (χ2n) is 3.66. The normalized spacial score (nSPS) is 12.3. The molecule has 18 heavy (non-hydrogen) atoms. The van der Waals surface area contributed by atoms with Crippen LogP contribution >= 0.6 is 0 Å². The molecule has 0 bridgehead atoms. The van der Waals surface area contributed by atoms with E-state index in [4.69, 9.17) is 15.3 Å². The zero-order valence-corrected chi connectivity index (χ0v) is 9.45. The minimum Gasteiger partial charge on any atom is -0.492 e. The Morgan fingerprint density at radius 1 is 1.33 bits per heavy atom. The van der Waals surface area contributed by atoms with Gasteiger partial charge in [-0.25, -0.2) is 0 Å². The number of ether oxygens (including phenoxy) is 1. The van der Waals surface area contributed by atoms with Crippen molar-refractivity contribution >= 4 is 0 Å². The summed E-state index contributed by atoms with van der Waals surface area (Å²) in [5.41, 5.74) is -0.880. The first-order chi connectivity index (χ1) is 8.38. The predicted octanol–water partition coefficient (Wildman–Crippen LogP) is 3.12. The van der Waals surface area contributed by atoms with Crippen LogP contribution in [0.3, 0.4) is 0 Å². The highest BCUT2D eigenvalue weighted by Gasteiger charge is 2.34. The average molecular weight is 254 g/mol. The number of hydrogen-bond acceptors (Lipinski definition) is 3. The third-order valence-electron chi connectivity index (χ3n) is 2.13. The summed E-state index contributed by atoms with van der Waals surface area (Å²) in [7, 11) is 0. The monoisotopic (exact) mass is 254 g/mol. The summed E-state index contributed by atoms with van der Waals surface area (Å²) >= 11 is 0. The molecule has 0 aliphatic heterocycles. The van der Waals surface area contributed by atoms with Crippen molar-refractivity contribution in [1.29, 1.82) is 10.5 Å². The molecule has 0 N–H and O–H groups in total. The van der Waals surface area contributed by atoms with Gasteiger partial charge in [-0.15, -0.1) is 0 Å². The predicted molar refractivity (Wildman–Crippen MR) is 56.4 cm³/mol. The van der Waals surface area contributed by atoms with Crippen LogP contribution in [-0.4, -0.2) is 6.61 Å². The van der Waals surface area contributed by atoms with Gasteiger partial charge in [-0.1, -0.05) is 0 Å². The fraction of sp³-hybridized carbons (Fsp3) is 0.333. The van der Waals surface area contributed by atoms with Crippen molar-refractivity contribution in [2.75, 3.05) is 6.61 Å². The number of hydrogen-bond donors (Lipinski definition) is 0. The van der Waals surface area contributed by atoms with Gasteiger partial charge in [-0.2, -0.15) is 23.7 Å². The smallest absolute Gasteiger partial charge is 0.419 e. The van der Waals surface area contributed by atoms with Crippen LogP contribution in [0.2, 0.25) is 0 Å². The summed E-state index contributed by atoms with van der Waals surface area (Å²) in [4.78, 5) is 0. The van der Waals surface area contributed by atoms with Gasteiger partial charge in [0, 0.05) is 0 Å². The second kappa shape index (κ2) is 5.42. The lowest BCUT2D eigenvalue weighted by Crippen LogP contribution is -2.12. The summed E-state index contributed by atoms with van der Waals surface area (Å²) in [6, 6.07) is 6.48. The van der Waals surface area contributed by atoms with Gasteiger partial charge < -0.3 is 4.74 Å². The van der Waals surface area contributed by atoms with Gasteiger partial charge in [0.05, 0.1) is 29.2 Å². The molecule has 1 atom stereocenters. The fourth-order valence-corrected chi connectivity index (χ4v) is 1.20. The van der Waals surface area contributed by atoms with Gasteiger partial charge in [0.25, 0.3) is 0 Å². The van der Waals surface area contributed by atoms with Gasteiger partial charge in [0.2, 0.25) is 0 Å². The minimum atomic E-state index is -4.56. The Hall–Kier alpha value is -2.21. The average Bonchev–Trinajstić information content (AvgIpc) is 2.34. The van der Waals surface area contributed by atoms with Crippen LogP contribution in [0.25, 0.3) is 0 Å². The summed E-state index contributed by atoms with van der Waals surface area (Å²) in [5, 5.41) is 17.2. The van der Waals surface area contributed by atoms with E-state index < -0.39 is 23.4 Å².